The topological polar surface area (TPSA) is 58.3 Å². The van der Waals surface area contributed by atoms with Crippen LogP contribution in [-0.4, -0.2) is 53.1 Å². The van der Waals surface area contributed by atoms with E-state index in [1.165, 1.54) is 0 Å². The Labute approximate surface area is 122 Å². The zero-order valence-corrected chi connectivity index (χ0v) is 13.1. The third-order valence-corrected chi connectivity index (χ3v) is 4.34. The van der Waals surface area contributed by atoms with Crippen molar-refractivity contribution in [3.05, 3.63) is 16.1 Å². The van der Waals surface area contributed by atoms with E-state index in [2.05, 4.69) is 56.2 Å². The molecule has 0 bridgehead atoms. The number of halogens is 1. The van der Waals surface area contributed by atoms with E-state index < -0.39 is 0 Å². The predicted molar refractivity (Wildman–Crippen MR) is 81.7 cm³/mol. The highest BCUT2D eigenvalue weighted by Crippen LogP contribution is 2.22. The molecule has 1 aliphatic rings. The molecule has 1 aromatic rings. The number of nitrogens with zero attached hydrogens (tertiary/aromatic N) is 4. The van der Waals surface area contributed by atoms with Gasteiger partial charge in [-0.15, -0.1) is 0 Å². The highest BCUT2D eigenvalue weighted by molar-refractivity contribution is 14.1. The van der Waals surface area contributed by atoms with Gasteiger partial charge in [0.15, 0.2) is 0 Å². The summed E-state index contributed by atoms with van der Waals surface area (Å²) in [6.07, 6.45) is 3.48. The Morgan fingerprint density at radius 3 is 2.56 bits per heavy atom. The van der Waals surface area contributed by atoms with Crippen molar-refractivity contribution in [2.75, 3.05) is 37.6 Å². The Morgan fingerprint density at radius 2 is 2.00 bits per heavy atom. The Morgan fingerprint density at radius 1 is 1.33 bits per heavy atom. The van der Waals surface area contributed by atoms with Crippen molar-refractivity contribution < 1.29 is 0 Å². The number of hydrogen-bond acceptors (Lipinski definition) is 5. The Hall–Kier alpha value is -0.470. The van der Waals surface area contributed by atoms with Crippen LogP contribution in [0.2, 0.25) is 0 Å². The second-order valence-corrected chi connectivity index (χ2v) is 6.35. The fourth-order valence-electron chi connectivity index (χ4n) is 2.19. The molecule has 2 heterocycles. The summed E-state index contributed by atoms with van der Waals surface area (Å²) in [7, 11) is 0. The molecule has 0 atom stereocenters. The minimum Gasteiger partial charge on any atom is -0.353 e. The molecule has 1 aliphatic heterocycles. The van der Waals surface area contributed by atoms with E-state index >= 15 is 0 Å². The van der Waals surface area contributed by atoms with Gasteiger partial charge in [0.1, 0.15) is 12.1 Å². The van der Waals surface area contributed by atoms with Crippen molar-refractivity contribution in [1.82, 2.24) is 14.9 Å². The van der Waals surface area contributed by atoms with Crippen LogP contribution in [0.3, 0.4) is 0 Å². The maximum atomic E-state index is 5.83. The number of aromatic nitrogens is 2. The molecule has 1 fully saturated rings. The van der Waals surface area contributed by atoms with Gasteiger partial charge in [-0.25, -0.2) is 9.97 Å². The number of hydrogen-bond donors (Lipinski definition) is 1. The van der Waals surface area contributed by atoms with Gasteiger partial charge < -0.3 is 10.6 Å². The predicted octanol–water partition coefficient (Wildman–Crippen LogP) is 0.940. The van der Waals surface area contributed by atoms with Gasteiger partial charge in [0.2, 0.25) is 0 Å². The molecule has 0 aromatic carbocycles. The second kappa shape index (κ2) is 5.66. The summed E-state index contributed by atoms with van der Waals surface area (Å²) >= 11 is 2.29. The molecular formula is C12H20IN5. The van der Waals surface area contributed by atoms with Crippen LogP contribution in [0.1, 0.15) is 13.8 Å². The van der Waals surface area contributed by atoms with Gasteiger partial charge in [0.25, 0.3) is 0 Å². The lowest BCUT2D eigenvalue weighted by atomic mass is 10.0. The molecule has 0 aliphatic carbocycles. The van der Waals surface area contributed by atoms with Crippen LogP contribution in [0, 0.1) is 3.57 Å². The van der Waals surface area contributed by atoms with Gasteiger partial charge in [-0.05, 0) is 36.4 Å². The minimum atomic E-state index is 0.0882. The third kappa shape index (κ3) is 2.92. The fraction of sp³-hybridized carbons (Fsp3) is 0.667. The van der Waals surface area contributed by atoms with E-state index in [0.717, 1.165) is 35.6 Å². The number of nitrogens with two attached hydrogens (primary N) is 1. The zero-order chi connectivity index (χ0) is 13.2. The lowest BCUT2D eigenvalue weighted by Gasteiger charge is -2.44. The lowest BCUT2D eigenvalue weighted by Crippen LogP contribution is -2.57. The minimum absolute atomic E-state index is 0.0882. The Kier molecular flexibility index (Phi) is 4.39. The van der Waals surface area contributed by atoms with Crippen LogP contribution >= 0.6 is 22.6 Å². The van der Waals surface area contributed by atoms with Crippen molar-refractivity contribution in [3.63, 3.8) is 0 Å². The van der Waals surface area contributed by atoms with Crippen LogP contribution in [0.15, 0.2) is 12.5 Å². The van der Waals surface area contributed by atoms with Crippen molar-refractivity contribution >= 4 is 28.4 Å². The van der Waals surface area contributed by atoms with E-state index in [-0.39, 0.29) is 5.54 Å². The molecule has 0 radical (unpaired) electrons. The SMILES string of the molecule is CC(C)(CN)N1CCN(c2ncncc2I)CC1. The maximum absolute atomic E-state index is 5.83. The number of rotatable bonds is 3. The summed E-state index contributed by atoms with van der Waals surface area (Å²) in [5.74, 6) is 1.05. The van der Waals surface area contributed by atoms with Gasteiger partial charge in [-0.3, -0.25) is 4.90 Å². The molecule has 0 unspecified atom stereocenters. The summed E-state index contributed by atoms with van der Waals surface area (Å²) in [4.78, 5) is 13.2. The van der Waals surface area contributed by atoms with Crippen LogP contribution in [-0.2, 0) is 0 Å². The highest BCUT2D eigenvalue weighted by atomic mass is 127. The monoisotopic (exact) mass is 361 g/mol. The summed E-state index contributed by atoms with van der Waals surface area (Å²) in [5, 5.41) is 0. The summed E-state index contributed by atoms with van der Waals surface area (Å²) < 4.78 is 1.11. The first kappa shape index (κ1) is 14.0. The van der Waals surface area contributed by atoms with Gasteiger partial charge in [0.05, 0.1) is 3.57 Å². The van der Waals surface area contributed by atoms with Crippen LogP contribution < -0.4 is 10.6 Å². The summed E-state index contributed by atoms with van der Waals surface area (Å²) in [6.45, 7) is 9.16. The summed E-state index contributed by atoms with van der Waals surface area (Å²) in [5.41, 5.74) is 5.92. The Balaban J connectivity index is 2.01. The van der Waals surface area contributed by atoms with E-state index in [1.54, 1.807) is 6.33 Å². The number of anilines is 1. The molecule has 0 spiro atoms. The largest absolute Gasteiger partial charge is 0.353 e. The van der Waals surface area contributed by atoms with Crippen LogP contribution in [0.25, 0.3) is 0 Å². The van der Waals surface area contributed by atoms with E-state index in [0.29, 0.717) is 6.54 Å². The normalized spacial score (nSPS) is 18.1. The maximum Gasteiger partial charge on any atom is 0.145 e. The smallest absolute Gasteiger partial charge is 0.145 e. The van der Waals surface area contributed by atoms with Crippen molar-refractivity contribution in [2.45, 2.75) is 19.4 Å². The average molecular weight is 361 g/mol. The Bertz CT molecular complexity index is 401. The first-order valence-corrected chi connectivity index (χ1v) is 7.28. The molecule has 1 aromatic heterocycles. The quantitative estimate of drug-likeness (QED) is 0.813. The molecule has 0 saturated carbocycles. The molecule has 2 rings (SSSR count). The molecule has 0 amide bonds. The van der Waals surface area contributed by atoms with E-state index in [4.69, 9.17) is 5.73 Å². The average Bonchev–Trinajstić information content (AvgIpc) is 2.39. The van der Waals surface area contributed by atoms with E-state index in [9.17, 15) is 0 Å². The van der Waals surface area contributed by atoms with Crippen molar-refractivity contribution in [1.29, 1.82) is 0 Å². The van der Waals surface area contributed by atoms with E-state index in [1.807, 2.05) is 6.20 Å². The lowest BCUT2D eigenvalue weighted by molar-refractivity contribution is 0.119. The molecule has 1 saturated heterocycles. The van der Waals surface area contributed by atoms with Crippen molar-refractivity contribution in [3.8, 4) is 0 Å². The second-order valence-electron chi connectivity index (χ2n) is 5.18. The molecule has 18 heavy (non-hydrogen) atoms. The third-order valence-electron chi connectivity index (χ3n) is 3.58. The summed E-state index contributed by atoms with van der Waals surface area (Å²) in [6, 6.07) is 0. The molecular weight excluding hydrogens is 341 g/mol. The standard InChI is InChI=1S/C12H20IN5/c1-12(2,8-14)18-5-3-17(4-6-18)11-10(13)7-15-9-16-11/h7,9H,3-6,8,14H2,1-2H3. The molecule has 5 nitrogen and oxygen atoms in total. The van der Waals surface area contributed by atoms with Crippen LogP contribution in [0.5, 0.6) is 0 Å². The number of piperazine rings is 1. The first-order chi connectivity index (χ1) is 8.54. The zero-order valence-electron chi connectivity index (χ0n) is 10.9. The van der Waals surface area contributed by atoms with Gasteiger partial charge >= 0.3 is 0 Å². The van der Waals surface area contributed by atoms with Gasteiger partial charge in [-0.1, -0.05) is 0 Å². The van der Waals surface area contributed by atoms with Gasteiger partial charge in [0, 0.05) is 44.5 Å². The fourth-order valence-corrected chi connectivity index (χ4v) is 2.83. The van der Waals surface area contributed by atoms with Crippen LogP contribution in [0.4, 0.5) is 5.82 Å². The molecule has 100 valence electrons. The highest BCUT2D eigenvalue weighted by Gasteiger charge is 2.29. The molecule has 2 N–H and O–H groups in total. The molecule has 6 heteroatoms. The van der Waals surface area contributed by atoms with Crippen molar-refractivity contribution in [2.24, 2.45) is 5.73 Å². The first-order valence-electron chi connectivity index (χ1n) is 6.20. The van der Waals surface area contributed by atoms with Gasteiger partial charge in [-0.2, -0.15) is 0 Å².